The molecule has 20 heavy (non-hydrogen) atoms. The summed E-state index contributed by atoms with van der Waals surface area (Å²) < 4.78 is 33.1. The summed E-state index contributed by atoms with van der Waals surface area (Å²) in [4.78, 5) is 11.6. The van der Waals surface area contributed by atoms with Crippen LogP contribution in [-0.4, -0.2) is 27.0 Å². The number of hydrogen-bond donors (Lipinski definition) is 2. The molecule has 1 aromatic rings. The molecule has 0 saturated heterocycles. The molecule has 0 aliphatic carbocycles. The van der Waals surface area contributed by atoms with Gasteiger partial charge in [0.15, 0.2) is 0 Å². The quantitative estimate of drug-likeness (QED) is 0.753. The molecule has 0 atom stereocenters. The van der Waals surface area contributed by atoms with Crippen LogP contribution in [0, 0.1) is 0 Å². The topological polar surface area (TPSA) is 84.5 Å². The fraction of sp³-hybridized carbons (Fsp3) is 0.462. The molecule has 2 N–H and O–H groups in total. The van der Waals surface area contributed by atoms with Crippen molar-refractivity contribution in [1.82, 2.24) is 4.72 Å². The Morgan fingerprint density at radius 3 is 2.35 bits per heavy atom. The van der Waals surface area contributed by atoms with Gasteiger partial charge in [-0.15, -0.1) is 0 Å². The predicted octanol–water partition coefficient (Wildman–Crippen LogP) is 1.91. The van der Waals surface area contributed by atoms with Gasteiger partial charge in [0, 0.05) is 11.7 Å². The van der Waals surface area contributed by atoms with Crippen molar-refractivity contribution in [3.63, 3.8) is 0 Å². The molecule has 0 spiro atoms. The molecule has 1 rings (SSSR count). The Hall–Kier alpha value is -1.60. The molecule has 0 heterocycles. The number of carbonyl (C=O) groups is 1. The molecule has 0 aromatic heterocycles. The van der Waals surface area contributed by atoms with Crippen molar-refractivity contribution >= 4 is 21.9 Å². The second-order valence-electron chi connectivity index (χ2n) is 4.59. The predicted molar refractivity (Wildman–Crippen MR) is 77.8 cm³/mol. The van der Waals surface area contributed by atoms with Crippen molar-refractivity contribution in [2.24, 2.45) is 0 Å². The molecule has 1 aromatic carbocycles. The first kappa shape index (κ1) is 16.5. The summed E-state index contributed by atoms with van der Waals surface area (Å²) in [7, 11) is -3.60. The van der Waals surface area contributed by atoms with E-state index in [4.69, 9.17) is 4.74 Å². The summed E-state index contributed by atoms with van der Waals surface area (Å²) in [6, 6.07) is 5.87. The number of anilines is 1. The van der Waals surface area contributed by atoms with Gasteiger partial charge in [-0.2, -0.15) is 13.1 Å². The van der Waals surface area contributed by atoms with Crippen LogP contribution in [0.5, 0.6) is 0 Å². The minimum Gasteiger partial charge on any atom is -0.462 e. The summed E-state index contributed by atoms with van der Waals surface area (Å²) >= 11 is 0. The largest absolute Gasteiger partial charge is 0.462 e. The number of hydrogen-bond acceptors (Lipinski definition) is 4. The fourth-order valence-electron chi connectivity index (χ4n) is 1.45. The van der Waals surface area contributed by atoms with Crippen LogP contribution in [0.15, 0.2) is 24.3 Å². The van der Waals surface area contributed by atoms with E-state index in [1.54, 1.807) is 13.8 Å². The highest BCUT2D eigenvalue weighted by Crippen LogP contribution is 2.12. The normalized spacial score (nSPS) is 11.4. The van der Waals surface area contributed by atoms with Gasteiger partial charge in [-0.05, 0) is 44.5 Å². The van der Waals surface area contributed by atoms with E-state index in [-0.39, 0.29) is 6.04 Å². The van der Waals surface area contributed by atoms with Crippen LogP contribution in [0.3, 0.4) is 0 Å². The third kappa shape index (κ3) is 5.58. The van der Waals surface area contributed by atoms with Crippen LogP contribution < -0.4 is 9.44 Å². The van der Waals surface area contributed by atoms with Gasteiger partial charge in [-0.25, -0.2) is 4.79 Å². The molecule has 0 fully saturated rings. The summed E-state index contributed by atoms with van der Waals surface area (Å²) in [6.45, 7) is 5.73. The minimum absolute atomic E-state index is 0.198. The van der Waals surface area contributed by atoms with Gasteiger partial charge < -0.3 is 4.74 Å². The maximum atomic E-state index is 11.7. The van der Waals surface area contributed by atoms with Gasteiger partial charge in [0.25, 0.3) is 10.2 Å². The van der Waals surface area contributed by atoms with E-state index in [1.165, 1.54) is 24.3 Å². The molecule has 7 heteroatoms. The first-order valence-electron chi connectivity index (χ1n) is 6.41. The van der Waals surface area contributed by atoms with Crippen molar-refractivity contribution in [2.75, 3.05) is 11.3 Å². The molecule has 6 nitrogen and oxygen atoms in total. The van der Waals surface area contributed by atoms with E-state index in [2.05, 4.69) is 9.44 Å². The van der Waals surface area contributed by atoms with E-state index in [9.17, 15) is 13.2 Å². The average molecular weight is 300 g/mol. The Labute approximate surface area is 119 Å². The van der Waals surface area contributed by atoms with E-state index >= 15 is 0 Å². The zero-order valence-electron chi connectivity index (χ0n) is 11.8. The Morgan fingerprint density at radius 2 is 1.85 bits per heavy atom. The average Bonchev–Trinajstić information content (AvgIpc) is 2.34. The molecular weight excluding hydrogens is 280 g/mol. The first-order chi connectivity index (χ1) is 9.34. The van der Waals surface area contributed by atoms with Crippen LogP contribution in [-0.2, 0) is 14.9 Å². The maximum Gasteiger partial charge on any atom is 0.338 e. The van der Waals surface area contributed by atoms with Crippen LogP contribution in [0.4, 0.5) is 5.69 Å². The van der Waals surface area contributed by atoms with Crippen LogP contribution in [0.1, 0.15) is 37.6 Å². The lowest BCUT2D eigenvalue weighted by molar-refractivity contribution is 0.0505. The Balaban J connectivity index is 2.70. The monoisotopic (exact) mass is 300 g/mol. The van der Waals surface area contributed by atoms with Crippen molar-refractivity contribution in [2.45, 2.75) is 33.2 Å². The van der Waals surface area contributed by atoms with Gasteiger partial charge in [-0.1, -0.05) is 6.92 Å². The van der Waals surface area contributed by atoms with Gasteiger partial charge in [0.05, 0.1) is 12.2 Å². The van der Waals surface area contributed by atoms with E-state index in [0.29, 0.717) is 17.9 Å². The third-order valence-corrected chi connectivity index (χ3v) is 3.49. The highest BCUT2D eigenvalue weighted by Gasteiger charge is 2.12. The van der Waals surface area contributed by atoms with E-state index < -0.39 is 16.2 Å². The van der Waals surface area contributed by atoms with E-state index in [0.717, 1.165) is 6.42 Å². The third-order valence-electron chi connectivity index (χ3n) is 2.20. The molecule has 112 valence electrons. The second-order valence-corrected chi connectivity index (χ2v) is 6.04. The Morgan fingerprint density at radius 1 is 1.25 bits per heavy atom. The summed E-state index contributed by atoms with van der Waals surface area (Å²) in [5.41, 5.74) is 0.767. The molecule has 0 radical (unpaired) electrons. The van der Waals surface area contributed by atoms with Crippen LogP contribution >= 0.6 is 0 Å². The molecule has 0 bridgehead atoms. The van der Waals surface area contributed by atoms with Gasteiger partial charge in [0.2, 0.25) is 0 Å². The molecule has 0 amide bonds. The maximum absolute atomic E-state index is 11.7. The number of nitrogens with one attached hydrogen (secondary N) is 2. The lowest BCUT2D eigenvalue weighted by atomic mass is 10.2. The van der Waals surface area contributed by atoms with Crippen molar-refractivity contribution in [3.05, 3.63) is 29.8 Å². The number of carbonyl (C=O) groups excluding carboxylic acids is 1. The zero-order chi connectivity index (χ0) is 15.2. The van der Waals surface area contributed by atoms with E-state index in [1.807, 2.05) is 6.92 Å². The zero-order valence-corrected chi connectivity index (χ0v) is 12.7. The van der Waals surface area contributed by atoms with Crippen molar-refractivity contribution < 1.29 is 17.9 Å². The fourth-order valence-corrected chi connectivity index (χ4v) is 2.57. The summed E-state index contributed by atoms with van der Waals surface area (Å²) in [6.07, 6.45) is 0.754. The number of rotatable bonds is 7. The standard InChI is InChI=1S/C13H20N2O4S/c1-4-9-19-13(16)11-5-7-12(8-6-11)15-20(17,18)14-10(2)3/h5-8,10,14-15H,4,9H2,1-3H3. The van der Waals surface area contributed by atoms with Gasteiger partial charge >= 0.3 is 5.97 Å². The molecule has 0 aliphatic heterocycles. The highest BCUT2D eigenvalue weighted by atomic mass is 32.2. The van der Waals surface area contributed by atoms with Crippen molar-refractivity contribution in [1.29, 1.82) is 0 Å². The van der Waals surface area contributed by atoms with Crippen LogP contribution in [0.25, 0.3) is 0 Å². The number of benzene rings is 1. The Kier molecular flexibility index (Phi) is 5.97. The second kappa shape index (κ2) is 7.25. The lowest BCUT2D eigenvalue weighted by Crippen LogP contribution is -2.35. The minimum atomic E-state index is -3.60. The molecule has 0 saturated carbocycles. The SMILES string of the molecule is CCCOC(=O)c1ccc(NS(=O)(=O)NC(C)C)cc1. The molecule has 0 unspecified atom stereocenters. The lowest BCUT2D eigenvalue weighted by Gasteiger charge is -2.11. The number of ether oxygens (including phenoxy) is 1. The Bertz CT molecular complexity index is 538. The highest BCUT2D eigenvalue weighted by molar-refractivity contribution is 7.90. The van der Waals surface area contributed by atoms with Gasteiger partial charge in [0.1, 0.15) is 0 Å². The van der Waals surface area contributed by atoms with Gasteiger partial charge in [-0.3, -0.25) is 4.72 Å². The van der Waals surface area contributed by atoms with Crippen LogP contribution in [0.2, 0.25) is 0 Å². The summed E-state index contributed by atoms with van der Waals surface area (Å²) in [5, 5.41) is 0. The first-order valence-corrected chi connectivity index (χ1v) is 7.89. The van der Waals surface area contributed by atoms with Crippen molar-refractivity contribution in [3.8, 4) is 0 Å². The molecule has 0 aliphatic rings. The summed E-state index contributed by atoms with van der Waals surface area (Å²) in [5.74, 6) is -0.415. The smallest absolute Gasteiger partial charge is 0.338 e. The number of esters is 1. The molecular formula is C13H20N2O4S.